The van der Waals surface area contributed by atoms with Gasteiger partial charge in [0.05, 0.1) is 12.0 Å². The lowest BCUT2D eigenvalue weighted by atomic mass is 10.2. The highest BCUT2D eigenvalue weighted by atomic mass is 32.2. The van der Waals surface area contributed by atoms with Gasteiger partial charge in [0.1, 0.15) is 16.5 Å². The Bertz CT molecular complexity index is 1170. The molecule has 0 spiro atoms. The predicted molar refractivity (Wildman–Crippen MR) is 119 cm³/mol. The summed E-state index contributed by atoms with van der Waals surface area (Å²) < 4.78 is 34.3. The molecule has 0 aliphatic rings. The molecule has 1 amide bonds. The molecule has 0 aliphatic heterocycles. The van der Waals surface area contributed by atoms with E-state index in [9.17, 15) is 13.2 Å². The molecule has 2 aromatic heterocycles. The smallest absolute Gasteiger partial charge is 0.256 e. The first-order chi connectivity index (χ1) is 14.8. The second-order valence-corrected chi connectivity index (χ2v) is 9.15. The molecule has 3 rings (SSSR count). The van der Waals surface area contributed by atoms with Crippen LogP contribution in [-0.4, -0.2) is 31.0 Å². The van der Waals surface area contributed by atoms with Gasteiger partial charge in [-0.3, -0.25) is 9.78 Å². The van der Waals surface area contributed by atoms with Gasteiger partial charge in [0, 0.05) is 30.2 Å². The van der Waals surface area contributed by atoms with Crippen molar-refractivity contribution in [2.75, 3.05) is 12.4 Å². The van der Waals surface area contributed by atoms with E-state index in [1.54, 1.807) is 31.2 Å². The molecule has 7 nitrogen and oxygen atoms in total. The van der Waals surface area contributed by atoms with Crippen LogP contribution in [-0.2, 0) is 16.4 Å². The summed E-state index contributed by atoms with van der Waals surface area (Å²) in [5.74, 6) is 0.475. The minimum Gasteiger partial charge on any atom is -0.497 e. The van der Waals surface area contributed by atoms with Gasteiger partial charge in [0.15, 0.2) is 0 Å². The Hall–Kier alpha value is -3.13. The maximum atomic E-state index is 13.6. The Morgan fingerprint density at radius 2 is 1.74 bits per heavy atom. The van der Waals surface area contributed by atoms with E-state index < -0.39 is 9.84 Å². The number of sulfone groups is 1. The number of nitrogens with one attached hydrogen (secondary N) is 1. The summed E-state index contributed by atoms with van der Waals surface area (Å²) in [6.45, 7) is 6.32. The number of amides is 1. The third kappa shape index (κ3) is 4.49. The van der Waals surface area contributed by atoms with Crippen LogP contribution in [0.3, 0.4) is 0 Å². The van der Waals surface area contributed by atoms with E-state index in [1.165, 1.54) is 31.6 Å². The summed E-state index contributed by atoms with van der Waals surface area (Å²) in [7, 11) is -2.36. The summed E-state index contributed by atoms with van der Waals surface area (Å²) in [6.07, 6.45) is 4.84. The highest BCUT2D eigenvalue weighted by Crippen LogP contribution is 2.36. The summed E-state index contributed by atoms with van der Waals surface area (Å²) in [5, 5.41) is 2.86. The first-order valence-electron chi connectivity index (χ1n) is 10.1. The van der Waals surface area contributed by atoms with E-state index in [4.69, 9.17) is 4.74 Å². The molecule has 0 fully saturated rings. The van der Waals surface area contributed by atoms with Gasteiger partial charge in [-0.05, 0) is 62.2 Å². The number of nitrogens with zero attached hydrogens (tertiary/aromatic N) is 2. The summed E-state index contributed by atoms with van der Waals surface area (Å²) in [5.41, 5.74) is 1.84. The lowest BCUT2D eigenvalue weighted by Gasteiger charge is -2.14. The van der Waals surface area contributed by atoms with Crippen LogP contribution in [0.25, 0.3) is 0 Å². The van der Waals surface area contributed by atoms with Gasteiger partial charge >= 0.3 is 0 Å². The fourth-order valence-electron chi connectivity index (χ4n) is 3.44. The second kappa shape index (κ2) is 9.34. The highest BCUT2D eigenvalue weighted by molar-refractivity contribution is 7.91. The Morgan fingerprint density at radius 1 is 1.10 bits per heavy atom. The van der Waals surface area contributed by atoms with Crippen LogP contribution in [0.1, 0.15) is 41.4 Å². The van der Waals surface area contributed by atoms with Crippen LogP contribution in [0.2, 0.25) is 0 Å². The number of hydrogen-bond acceptors (Lipinski definition) is 5. The fourth-order valence-corrected chi connectivity index (χ4v) is 5.14. The van der Waals surface area contributed by atoms with E-state index in [-0.39, 0.29) is 15.7 Å². The molecule has 0 saturated carbocycles. The van der Waals surface area contributed by atoms with Crippen LogP contribution in [0.5, 0.6) is 5.75 Å². The molecule has 3 aromatic rings. The Kier molecular flexibility index (Phi) is 6.80. The Balaban J connectivity index is 2.15. The van der Waals surface area contributed by atoms with Crippen molar-refractivity contribution >= 4 is 21.6 Å². The molecule has 164 valence electrons. The van der Waals surface area contributed by atoms with Crippen molar-refractivity contribution in [3.05, 3.63) is 65.6 Å². The number of anilines is 1. The van der Waals surface area contributed by atoms with Crippen LogP contribution >= 0.6 is 0 Å². The zero-order valence-corrected chi connectivity index (χ0v) is 19.0. The number of carbonyl (C=O) groups excluding carboxylic acids is 1. The predicted octanol–water partition coefficient (Wildman–Crippen LogP) is 4.39. The third-order valence-corrected chi connectivity index (χ3v) is 7.25. The molecular formula is C23H27N3O4S. The van der Waals surface area contributed by atoms with Gasteiger partial charge in [0.25, 0.3) is 5.91 Å². The van der Waals surface area contributed by atoms with Crippen LogP contribution < -0.4 is 10.1 Å². The van der Waals surface area contributed by atoms with E-state index in [2.05, 4.69) is 17.2 Å². The summed E-state index contributed by atoms with van der Waals surface area (Å²) >= 11 is 0. The number of methoxy groups -OCH3 is 1. The zero-order valence-electron chi connectivity index (χ0n) is 18.2. The average molecular weight is 442 g/mol. The van der Waals surface area contributed by atoms with E-state index in [0.717, 1.165) is 18.5 Å². The molecule has 1 N–H and O–H groups in total. The Morgan fingerprint density at radius 3 is 2.32 bits per heavy atom. The van der Waals surface area contributed by atoms with E-state index in [1.807, 2.05) is 11.5 Å². The van der Waals surface area contributed by atoms with Gasteiger partial charge in [-0.15, -0.1) is 0 Å². The van der Waals surface area contributed by atoms with Crippen LogP contribution in [0, 0.1) is 13.8 Å². The maximum absolute atomic E-state index is 13.6. The molecule has 31 heavy (non-hydrogen) atoms. The van der Waals surface area contributed by atoms with Gasteiger partial charge < -0.3 is 14.6 Å². The largest absolute Gasteiger partial charge is 0.497 e. The number of carbonyl (C=O) groups is 1. The summed E-state index contributed by atoms with van der Waals surface area (Å²) in [6, 6.07) is 9.43. The minimum absolute atomic E-state index is 0.119. The van der Waals surface area contributed by atoms with Crippen LogP contribution in [0.4, 0.5) is 5.82 Å². The first kappa shape index (κ1) is 22.6. The average Bonchev–Trinajstić information content (AvgIpc) is 3.02. The van der Waals surface area contributed by atoms with Crippen molar-refractivity contribution in [3.63, 3.8) is 0 Å². The monoisotopic (exact) mass is 441 g/mol. The molecule has 1 aromatic carbocycles. The summed E-state index contributed by atoms with van der Waals surface area (Å²) in [4.78, 5) is 17.1. The number of benzene rings is 1. The topological polar surface area (TPSA) is 90.3 Å². The first-order valence-corrected chi connectivity index (χ1v) is 11.6. The quantitative estimate of drug-likeness (QED) is 0.560. The van der Waals surface area contributed by atoms with Crippen molar-refractivity contribution in [2.45, 2.75) is 49.9 Å². The zero-order chi connectivity index (χ0) is 22.6. The van der Waals surface area contributed by atoms with Crippen molar-refractivity contribution in [1.29, 1.82) is 0 Å². The standard InChI is InChI=1S/C23H27N3O4S/c1-5-6-15-26-17(3)16(2)21(22(26)25-23(27)18-11-13-24-14-12-18)31(28,29)20-9-7-19(30-4)8-10-20/h7-14H,5-6,15H2,1-4H3,(H,25,27). The van der Waals surface area contributed by atoms with E-state index >= 15 is 0 Å². The minimum atomic E-state index is -3.88. The van der Waals surface area contributed by atoms with Gasteiger partial charge in [-0.2, -0.15) is 0 Å². The van der Waals surface area contributed by atoms with Crippen LogP contribution in [0.15, 0.2) is 58.6 Å². The number of rotatable bonds is 8. The molecule has 2 heterocycles. The number of pyridine rings is 1. The number of aromatic nitrogens is 2. The highest BCUT2D eigenvalue weighted by Gasteiger charge is 2.30. The molecule has 0 unspecified atom stereocenters. The lowest BCUT2D eigenvalue weighted by Crippen LogP contribution is -2.18. The van der Waals surface area contributed by atoms with E-state index in [0.29, 0.717) is 29.2 Å². The lowest BCUT2D eigenvalue weighted by molar-refractivity contribution is 0.102. The van der Waals surface area contributed by atoms with Gasteiger partial charge in [-0.1, -0.05) is 13.3 Å². The molecule has 0 bridgehead atoms. The van der Waals surface area contributed by atoms with Gasteiger partial charge in [-0.25, -0.2) is 8.42 Å². The van der Waals surface area contributed by atoms with Crippen molar-refractivity contribution in [3.8, 4) is 5.75 Å². The maximum Gasteiger partial charge on any atom is 0.256 e. The fraction of sp³-hybridized carbons (Fsp3) is 0.304. The SMILES string of the molecule is CCCCn1c(C)c(C)c(S(=O)(=O)c2ccc(OC)cc2)c1NC(=O)c1ccncc1. The Labute approximate surface area is 183 Å². The molecule has 0 radical (unpaired) electrons. The molecular weight excluding hydrogens is 414 g/mol. The van der Waals surface area contributed by atoms with Crippen molar-refractivity contribution in [2.24, 2.45) is 0 Å². The molecule has 0 atom stereocenters. The molecule has 8 heteroatoms. The molecule has 0 saturated heterocycles. The molecule has 0 aliphatic carbocycles. The normalized spacial score (nSPS) is 11.4. The number of hydrogen-bond donors (Lipinski definition) is 1. The van der Waals surface area contributed by atoms with Crippen molar-refractivity contribution < 1.29 is 17.9 Å². The number of unbranched alkanes of at least 4 members (excludes halogenated alkanes) is 1. The second-order valence-electron chi connectivity index (χ2n) is 7.26. The van der Waals surface area contributed by atoms with Crippen molar-refractivity contribution in [1.82, 2.24) is 9.55 Å². The number of ether oxygens (including phenoxy) is 1. The van der Waals surface area contributed by atoms with Gasteiger partial charge in [0.2, 0.25) is 9.84 Å². The third-order valence-electron chi connectivity index (χ3n) is 5.32.